The molecule has 6 heteroatoms. The normalized spacial score (nSPS) is 22.5. The molecule has 2 atom stereocenters. The summed E-state index contributed by atoms with van der Waals surface area (Å²) in [6.45, 7) is 0.994. The molecule has 0 radical (unpaired) electrons. The van der Waals surface area contributed by atoms with Gasteiger partial charge in [-0.2, -0.15) is 0 Å². The first kappa shape index (κ1) is 12.7. The van der Waals surface area contributed by atoms with Gasteiger partial charge in [-0.25, -0.2) is 8.78 Å². The highest BCUT2D eigenvalue weighted by Crippen LogP contribution is 2.29. The van der Waals surface area contributed by atoms with Gasteiger partial charge in [-0.1, -0.05) is 11.6 Å². The first-order valence-electron chi connectivity index (χ1n) is 5.11. The van der Waals surface area contributed by atoms with Crippen LogP contribution in [0, 0.1) is 11.6 Å². The van der Waals surface area contributed by atoms with Gasteiger partial charge in [0, 0.05) is 10.6 Å². The van der Waals surface area contributed by atoms with E-state index in [0.29, 0.717) is 13.2 Å². The lowest BCUT2D eigenvalue weighted by atomic mass is 10.0. The van der Waals surface area contributed by atoms with Crippen LogP contribution in [-0.2, 0) is 9.47 Å². The van der Waals surface area contributed by atoms with E-state index in [4.69, 9.17) is 21.1 Å². The lowest BCUT2D eigenvalue weighted by molar-refractivity contribution is -0.133. The number of hydrogen-bond donors (Lipinski definition) is 1. The Hall–Kier alpha value is -0.750. The minimum atomic E-state index is -1.14. The molecular weight excluding hydrogens is 254 g/mol. The van der Waals surface area contributed by atoms with Gasteiger partial charge >= 0.3 is 0 Å². The van der Waals surface area contributed by atoms with Crippen molar-refractivity contribution < 1.29 is 23.4 Å². The Kier molecular flexibility index (Phi) is 3.93. The van der Waals surface area contributed by atoms with E-state index in [-0.39, 0.29) is 17.2 Å². The summed E-state index contributed by atoms with van der Waals surface area (Å²) in [4.78, 5) is 0. The lowest BCUT2D eigenvalue weighted by Gasteiger charge is -2.27. The summed E-state index contributed by atoms with van der Waals surface area (Å²) in [5.41, 5.74) is 0.0982. The molecule has 2 rings (SSSR count). The zero-order valence-electron chi connectivity index (χ0n) is 8.83. The maximum absolute atomic E-state index is 13.1. The zero-order valence-corrected chi connectivity index (χ0v) is 9.58. The Labute approximate surface area is 102 Å². The van der Waals surface area contributed by atoms with Crippen molar-refractivity contribution in [2.24, 2.45) is 0 Å². The molecule has 1 aliphatic rings. The third-order valence-electron chi connectivity index (χ3n) is 2.55. The van der Waals surface area contributed by atoms with E-state index in [9.17, 15) is 13.9 Å². The summed E-state index contributed by atoms with van der Waals surface area (Å²) >= 11 is 5.75. The van der Waals surface area contributed by atoms with Gasteiger partial charge in [0.25, 0.3) is 0 Å². The van der Waals surface area contributed by atoms with E-state index in [1.54, 1.807) is 0 Å². The van der Waals surface area contributed by atoms with Crippen molar-refractivity contribution in [3.8, 4) is 0 Å². The summed E-state index contributed by atoms with van der Waals surface area (Å²) in [5, 5.41) is 9.93. The Balaban J connectivity index is 2.23. The van der Waals surface area contributed by atoms with E-state index in [2.05, 4.69) is 0 Å². The van der Waals surface area contributed by atoms with Crippen LogP contribution < -0.4 is 0 Å². The van der Waals surface area contributed by atoms with Gasteiger partial charge in [0.05, 0.1) is 19.8 Å². The summed E-state index contributed by atoms with van der Waals surface area (Å²) in [5.74, 6) is -2.10. The maximum atomic E-state index is 13.1. The van der Waals surface area contributed by atoms with E-state index in [1.165, 1.54) is 0 Å². The molecule has 1 saturated heterocycles. The molecule has 0 aromatic heterocycles. The molecule has 0 amide bonds. The maximum Gasteiger partial charge on any atom is 0.160 e. The van der Waals surface area contributed by atoms with E-state index in [0.717, 1.165) is 12.1 Å². The molecule has 1 aromatic carbocycles. The average molecular weight is 265 g/mol. The predicted molar refractivity (Wildman–Crippen MR) is 56.9 cm³/mol. The third kappa shape index (κ3) is 2.74. The van der Waals surface area contributed by atoms with Crippen molar-refractivity contribution in [3.63, 3.8) is 0 Å². The first-order valence-corrected chi connectivity index (χ1v) is 5.49. The fraction of sp³-hybridized carbons (Fsp3) is 0.455. The molecule has 1 aliphatic heterocycles. The molecule has 2 unspecified atom stereocenters. The van der Waals surface area contributed by atoms with Crippen LogP contribution >= 0.6 is 11.6 Å². The number of benzene rings is 1. The second kappa shape index (κ2) is 5.27. The summed E-state index contributed by atoms with van der Waals surface area (Å²) < 4.78 is 36.3. The minimum Gasteiger partial charge on any atom is -0.386 e. The Morgan fingerprint density at radius 3 is 2.65 bits per heavy atom. The standard InChI is InChI=1S/C11H11ClF2O3/c12-7-4-9(14)8(13)3-6(7)11(15)10-5-16-1-2-17-10/h3-4,10-11,15H,1-2,5H2. The molecule has 0 bridgehead atoms. The predicted octanol–water partition coefficient (Wildman–Crippen LogP) is 2.07. The molecule has 0 spiro atoms. The Morgan fingerprint density at radius 2 is 2.00 bits per heavy atom. The largest absolute Gasteiger partial charge is 0.386 e. The molecule has 1 heterocycles. The van der Waals surface area contributed by atoms with E-state index in [1.807, 2.05) is 0 Å². The van der Waals surface area contributed by atoms with Gasteiger partial charge in [-0.15, -0.1) is 0 Å². The average Bonchev–Trinajstić information content (AvgIpc) is 2.34. The van der Waals surface area contributed by atoms with Gasteiger partial charge in [-0.05, 0) is 12.1 Å². The van der Waals surface area contributed by atoms with Gasteiger partial charge in [0.1, 0.15) is 12.2 Å². The van der Waals surface area contributed by atoms with Gasteiger partial charge in [0.15, 0.2) is 11.6 Å². The van der Waals surface area contributed by atoms with Crippen LogP contribution in [0.5, 0.6) is 0 Å². The third-order valence-corrected chi connectivity index (χ3v) is 2.88. The van der Waals surface area contributed by atoms with E-state index >= 15 is 0 Å². The zero-order chi connectivity index (χ0) is 12.4. The van der Waals surface area contributed by atoms with Crippen LogP contribution in [0.3, 0.4) is 0 Å². The van der Waals surface area contributed by atoms with Gasteiger partial charge in [-0.3, -0.25) is 0 Å². The molecule has 94 valence electrons. The van der Waals surface area contributed by atoms with Crippen molar-refractivity contribution >= 4 is 11.6 Å². The van der Waals surface area contributed by atoms with Crippen LogP contribution in [0.1, 0.15) is 11.7 Å². The van der Waals surface area contributed by atoms with Crippen LogP contribution in [0.2, 0.25) is 5.02 Å². The number of aliphatic hydroxyl groups excluding tert-OH is 1. The molecule has 17 heavy (non-hydrogen) atoms. The fourth-order valence-electron chi connectivity index (χ4n) is 1.65. The second-order valence-corrected chi connectivity index (χ2v) is 4.12. The summed E-state index contributed by atoms with van der Waals surface area (Å²) in [6, 6.07) is 1.71. The smallest absolute Gasteiger partial charge is 0.160 e. The quantitative estimate of drug-likeness (QED) is 0.831. The molecule has 3 nitrogen and oxygen atoms in total. The number of ether oxygens (including phenoxy) is 2. The molecule has 1 fully saturated rings. The van der Waals surface area contributed by atoms with Crippen molar-refractivity contribution in [2.45, 2.75) is 12.2 Å². The summed E-state index contributed by atoms with van der Waals surface area (Å²) in [7, 11) is 0. The van der Waals surface area contributed by atoms with Crippen LogP contribution in [0.15, 0.2) is 12.1 Å². The number of halogens is 3. The summed E-state index contributed by atoms with van der Waals surface area (Å²) in [6.07, 6.45) is -1.76. The lowest BCUT2D eigenvalue weighted by Crippen LogP contribution is -2.34. The number of hydrogen-bond acceptors (Lipinski definition) is 3. The van der Waals surface area contributed by atoms with Crippen molar-refractivity contribution in [1.29, 1.82) is 0 Å². The van der Waals surface area contributed by atoms with Crippen LogP contribution in [0.4, 0.5) is 8.78 Å². The SMILES string of the molecule is OC(c1cc(F)c(F)cc1Cl)C1COCCO1. The highest BCUT2D eigenvalue weighted by molar-refractivity contribution is 6.31. The van der Waals surface area contributed by atoms with Crippen LogP contribution in [-0.4, -0.2) is 31.0 Å². The van der Waals surface area contributed by atoms with Gasteiger partial charge in [0.2, 0.25) is 0 Å². The van der Waals surface area contributed by atoms with Crippen molar-refractivity contribution in [3.05, 3.63) is 34.4 Å². The molecule has 0 aliphatic carbocycles. The Bertz CT molecular complexity index is 408. The highest BCUT2D eigenvalue weighted by Gasteiger charge is 2.27. The number of aliphatic hydroxyl groups is 1. The highest BCUT2D eigenvalue weighted by atomic mass is 35.5. The van der Waals surface area contributed by atoms with Crippen molar-refractivity contribution in [1.82, 2.24) is 0 Å². The molecule has 0 saturated carbocycles. The Morgan fingerprint density at radius 1 is 1.29 bits per heavy atom. The molecule has 1 aromatic rings. The monoisotopic (exact) mass is 264 g/mol. The first-order chi connectivity index (χ1) is 8.09. The molecular formula is C11H11ClF2O3. The van der Waals surface area contributed by atoms with Crippen LogP contribution in [0.25, 0.3) is 0 Å². The number of rotatable bonds is 2. The van der Waals surface area contributed by atoms with Crippen molar-refractivity contribution in [2.75, 3.05) is 19.8 Å². The second-order valence-electron chi connectivity index (χ2n) is 3.72. The topological polar surface area (TPSA) is 38.7 Å². The van der Waals surface area contributed by atoms with E-state index < -0.39 is 23.8 Å². The fourth-order valence-corrected chi connectivity index (χ4v) is 1.92. The minimum absolute atomic E-state index is 0.0365. The van der Waals surface area contributed by atoms with Gasteiger partial charge < -0.3 is 14.6 Å². The molecule has 1 N–H and O–H groups in total.